The molecule has 0 rings (SSSR count). The van der Waals surface area contributed by atoms with Crippen molar-refractivity contribution < 1.29 is 21.5 Å². The summed E-state index contributed by atoms with van der Waals surface area (Å²) in [4.78, 5) is 9.15. The van der Waals surface area contributed by atoms with E-state index in [2.05, 4.69) is 0 Å². The summed E-state index contributed by atoms with van der Waals surface area (Å²) in [5, 5.41) is 0. The summed E-state index contributed by atoms with van der Waals surface area (Å²) in [6, 6.07) is -1.25. The Morgan fingerprint density at radius 3 is 1.67 bits per heavy atom. The lowest BCUT2D eigenvalue weighted by Crippen LogP contribution is -1.77. The maximum absolute atomic E-state index is 10.8. The van der Waals surface area contributed by atoms with E-state index in [1.165, 1.54) is 6.92 Å². The Morgan fingerprint density at radius 1 is 1.56 bits per heavy atom. The lowest BCUT2D eigenvalue weighted by Gasteiger charge is -1.66. The number of rotatable bonds is 1. The number of hydrogen-bond acceptors (Lipinski definition) is 3. The number of thiol groups is 1. The van der Waals surface area contributed by atoms with Crippen LogP contribution >= 0.6 is 0 Å². The summed E-state index contributed by atoms with van der Waals surface area (Å²) in [5.41, 5.74) is 0. The first-order valence-electron chi connectivity index (χ1n) is 1.99. The summed E-state index contributed by atoms with van der Waals surface area (Å²) in [7, 11) is 0. The molecule has 0 aromatic rings. The van der Waals surface area contributed by atoms with Gasteiger partial charge in [-0.15, -0.1) is 3.89 Å². The number of carbonyl (C=O) groups is 1. The van der Waals surface area contributed by atoms with E-state index in [1.54, 1.807) is 0 Å². The third kappa shape index (κ3) is 103. The van der Waals surface area contributed by atoms with Crippen LogP contribution in [0.2, 0.25) is 0 Å². The lowest BCUT2D eigenvalue weighted by molar-refractivity contribution is -0.128. The molecular formula is C3H6F2O3S. The van der Waals surface area contributed by atoms with Crippen molar-refractivity contribution in [2.75, 3.05) is 0 Å². The van der Waals surface area contributed by atoms with Gasteiger partial charge >= 0.3 is 6.04 Å². The van der Waals surface area contributed by atoms with Gasteiger partial charge in [-0.05, 0) is 0 Å². The molecular weight excluding hydrogens is 154 g/mol. The van der Waals surface area contributed by atoms with E-state index in [4.69, 9.17) is 13.2 Å². The highest BCUT2D eigenvalue weighted by Gasteiger charge is 1.83. The van der Waals surface area contributed by atoms with Crippen molar-refractivity contribution in [3.8, 4) is 0 Å². The van der Waals surface area contributed by atoms with Crippen molar-refractivity contribution in [2.45, 2.75) is 13.3 Å². The molecule has 0 unspecified atom stereocenters. The summed E-state index contributed by atoms with van der Waals surface area (Å²) >= 11 is -3.62. The van der Waals surface area contributed by atoms with Gasteiger partial charge in [0.25, 0.3) is 11.1 Å². The molecule has 0 aromatic carbocycles. The van der Waals surface area contributed by atoms with E-state index in [1.807, 2.05) is 0 Å². The molecule has 6 heteroatoms. The first-order chi connectivity index (χ1) is 4.00. The highest BCUT2D eigenvalue weighted by Crippen LogP contribution is 1.75. The van der Waals surface area contributed by atoms with Crippen LogP contribution in [0.25, 0.3) is 0 Å². The van der Waals surface area contributed by atoms with Crippen LogP contribution in [-0.2, 0) is 15.9 Å². The SMILES string of the molecule is CCC(=O)F.O=[SH](=O)F. The number of halogens is 2. The monoisotopic (exact) mass is 160 g/mol. The minimum atomic E-state index is -3.62. The van der Waals surface area contributed by atoms with Crippen LogP contribution in [0.3, 0.4) is 0 Å². The smallest absolute Gasteiger partial charge is 0.261 e. The fourth-order valence-electron chi connectivity index (χ4n) is 0. The summed E-state index contributed by atoms with van der Waals surface area (Å²) in [6.45, 7) is 1.47. The molecule has 0 heterocycles. The van der Waals surface area contributed by atoms with Crippen LogP contribution < -0.4 is 0 Å². The van der Waals surface area contributed by atoms with Crippen molar-refractivity contribution in [1.82, 2.24) is 0 Å². The zero-order valence-corrected chi connectivity index (χ0v) is 5.53. The molecule has 0 saturated heterocycles. The average Bonchev–Trinajstić information content (AvgIpc) is 1.65. The second-order valence-electron chi connectivity index (χ2n) is 0.921. The van der Waals surface area contributed by atoms with Gasteiger partial charge in [0.1, 0.15) is 0 Å². The van der Waals surface area contributed by atoms with Gasteiger partial charge in [0.2, 0.25) is 0 Å². The summed E-state index contributed by atoms with van der Waals surface area (Å²) < 4.78 is 37.5. The molecule has 0 atom stereocenters. The predicted molar refractivity (Wildman–Crippen MR) is 27.8 cm³/mol. The fourth-order valence-corrected chi connectivity index (χ4v) is 0. The molecule has 0 aliphatic carbocycles. The molecule has 56 valence electrons. The zero-order chi connectivity index (χ0) is 7.86. The average molecular weight is 160 g/mol. The van der Waals surface area contributed by atoms with Gasteiger partial charge in [0, 0.05) is 6.42 Å². The van der Waals surface area contributed by atoms with E-state index in [-0.39, 0.29) is 6.42 Å². The Kier molecular flexibility index (Phi) is 9.39. The molecule has 9 heavy (non-hydrogen) atoms. The first-order valence-corrected chi connectivity index (χ1v) is 3.06. The third-order valence-corrected chi connectivity index (χ3v) is 0.278. The largest absolute Gasteiger partial charge is 0.301 e. The van der Waals surface area contributed by atoms with E-state index in [0.29, 0.717) is 0 Å². The van der Waals surface area contributed by atoms with Crippen molar-refractivity contribution in [1.29, 1.82) is 0 Å². The van der Waals surface area contributed by atoms with Gasteiger partial charge in [-0.3, -0.25) is 4.79 Å². The van der Waals surface area contributed by atoms with E-state index >= 15 is 0 Å². The first kappa shape index (κ1) is 11.3. The van der Waals surface area contributed by atoms with Crippen LogP contribution in [-0.4, -0.2) is 14.5 Å². The maximum atomic E-state index is 10.8. The molecule has 0 aromatic heterocycles. The molecule has 0 N–H and O–H groups in total. The molecule has 0 aliphatic heterocycles. The Morgan fingerprint density at radius 2 is 1.67 bits per heavy atom. The lowest BCUT2D eigenvalue weighted by atomic mass is 10.5. The highest BCUT2D eigenvalue weighted by atomic mass is 32.2. The maximum Gasteiger partial charge on any atom is 0.301 e. The predicted octanol–water partition coefficient (Wildman–Crippen LogP) is 0.375. The topological polar surface area (TPSA) is 51.2 Å². The van der Waals surface area contributed by atoms with Gasteiger partial charge in [-0.1, -0.05) is 6.92 Å². The van der Waals surface area contributed by atoms with Crippen LogP contribution in [0.1, 0.15) is 13.3 Å². The summed E-state index contributed by atoms with van der Waals surface area (Å²) in [6.07, 6.45) is 0. The van der Waals surface area contributed by atoms with Gasteiger partial charge in [-0.25, -0.2) is 0 Å². The Labute approximate surface area is 52.9 Å². The van der Waals surface area contributed by atoms with Crippen molar-refractivity contribution in [3.05, 3.63) is 0 Å². The molecule has 0 aliphatic rings. The van der Waals surface area contributed by atoms with E-state index < -0.39 is 17.1 Å². The molecule has 0 spiro atoms. The normalized spacial score (nSPS) is 8.00. The third-order valence-electron chi connectivity index (χ3n) is 0.278. The Balaban J connectivity index is 0. The van der Waals surface area contributed by atoms with E-state index in [0.717, 1.165) is 0 Å². The van der Waals surface area contributed by atoms with Crippen molar-refractivity contribution in [3.63, 3.8) is 0 Å². The van der Waals surface area contributed by atoms with E-state index in [9.17, 15) is 8.28 Å². The van der Waals surface area contributed by atoms with Crippen molar-refractivity contribution in [2.24, 2.45) is 0 Å². The molecule has 0 saturated carbocycles. The molecule has 3 nitrogen and oxygen atoms in total. The minimum absolute atomic E-state index is 0. The van der Waals surface area contributed by atoms with Crippen LogP contribution in [0.4, 0.5) is 8.28 Å². The minimum Gasteiger partial charge on any atom is -0.261 e. The quantitative estimate of drug-likeness (QED) is 0.445. The highest BCUT2D eigenvalue weighted by molar-refractivity contribution is 7.66. The molecule has 0 bridgehead atoms. The second-order valence-corrected chi connectivity index (χ2v) is 1.35. The van der Waals surface area contributed by atoms with Crippen LogP contribution in [0.5, 0.6) is 0 Å². The number of carbonyl (C=O) groups excluding carboxylic acids is 1. The second kappa shape index (κ2) is 7.48. The Hall–Kier alpha value is -0.520. The Bertz CT molecular complexity index is 134. The van der Waals surface area contributed by atoms with Gasteiger partial charge in [0.15, 0.2) is 0 Å². The van der Waals surface area contributed by atoms with Crippen LogP contribution in [0.15, 0.2) is 0 Å². The van der Waals surface area contributed by atoms with Gasteiger partial charge < -0.3 is 0 Å². The molecule has 0 fully saturated rings. The molecule has 0 amide bonds. The zero-order valence-electron chi connectivity index (χ0n) is 4.63. The number of hydrogen-bond donors (Lipinski definition) is 1. The molecule has 0 radical (unpaired) electrons. The fraction of sp³-hybridized carbons (Fsp3) is 0.667. The van der Waals surface area contributed by atoms with Crippen molar-refractivity contribution >= 4 is 17.1 Å². The van der Waals surface area contributed by atoms with Crippen LogP contribution in [0, 0.1) is 0 Å². The van der Waals surface area contributed by atoms with Gasteiger partial charge in [0.05, 0.1) is 0 Å². The summed E-state index contributed by atoms with van der Waals surface area (Å²) in [5.74, 6) is 0. The standard InChI is InChI=1S/C3H5FO.FHO2S/c1-2-3(4)5;1-4(2)3/h2H2,1H3;4H. The van der Waals surface area contributed by atoms with Gasteiger partial charge in [-0.2, -0.15) is 12.8 Å².